The summed E-state index contributed by atoms with van der Waals surface area (Å²) in [5.74, 6) is 0.634. The number of rotatable bonds is 4. The summed E-state index contributed by atoms with van der Waals surface area (Å²) in [6.07, 6.45) is 11.1. The van der Waals surface area contributed by atoms with Crippen molar-refractivity contribution in [2.45, 2.75) is 77.4 Å². The van der Waals surface area contributed by atoms with Crippen LogP contribution in [0.15, 0.2) is 0 Å². The first-order valence-corrected chi connectivity index (χ1v) is 12.5. The minimum atomic E-state index is -1.12. The van der Waals surface area contributed by atoms with Gasteiger partial charge in [-0.15, -0.1) is 0 Å². The van der Waals surface area contributed by atoms with Crippen LogP contribution in [0, 0.1) is 5.92 Å². The van der Waals surface area contributed by atoms with Gasteiger partial charge in [-0.2, -0.15) is 0 Å². The second kappa shape index (κ2) is 5.17. The normalized spacial score (nSPS) is 33.9. The number of esters is 1. The summed E-state index contributed by atoms with van der Waals surface area (Å²) < 4.78 is 12.8. The van der Waals surface area contributed by atoms with E-state index in [1.165, 1.54) is 44.9 Å². The topological polar surface area (TPSA) is 70.2 Å². The number of nitrogens with one attached hydrogen (secondary N) is 2. The quantitative estimate of drug-likeness (QED) is 0.148. The second-order valence-electron chi connectivity index (χ2n) is 7.13. The van der Waals surface area contributed by atoms with Gasteiger partial charge in [0.05, 0.1) is 0 Å². The zero-order valence-corrected chi connectivity index (χ0v) is 16.8. The summed E-state index contributed by atoms with van der Waals surface area (Å²) in [5.41, 5.74) is -0.141. The molecule has 6 heteroatoms. The van der Waals surface area contributed by atoms with Crippen LogP contribution in [0.4, 0.5) is 0 Å². The zero-order valence-electron chi connectivity index (χ0n) is 12.5. The molecule has 120 valence electrons. The Labute approximate surface area is 148 Å². The molecular weight excluding hydrogens is 494 g/mol. The van der Waals surface area contributed by atoms with E-state index in [0.29, 0.717) is 5.92 Å². The Morgan fingerprint density at radius 1 is 1.19 bits per heavy atom. The Bertz CT molecular complexity index is 451. The predicted molar refractivity (Wildman–Crippen MR) is 99.3 cm³/mol. The van der Waals surface area contributed by atoms with Crippen LogP contribution in [-0.2, 0) is 9.53 Å². The minimum absolute atomic E-state index is 0.0138. The molecule has 4 nitrogen and oxygen atoms in total. The van der Waals surface area contributed by atoms with E-state index in [2.05, 4.69) is 29.7 Å². The van der Waals surface area contributed by atoms with Gasteiger partial charge in [0.2, 0.25) is 0 Å². The van der Waals surface area contributed by atoms with Crippen molar-refractivity contribution in [3.63, 3.8) is 0 Å². The number of halogens is 2. The van der Waals surface area contributed by atoms with Crippen LogP contribution >= 0.6 is 43.0 Å². The molecule has 2 aliphatic carbocycles. The predicted octanol–water partition coefficient (Wildman–Crippen LogP) is 3.81. The molecule has 0 spiro atoms. The van der Waals surface area contributed by atoms with Crippen molar-refractivity contribution in [1.82, 2.24) is 7.06 Å². The van der Waals surface area contributed by atoms with Gasteiger partial charge < -0.3 is 0 Å². The van der Waals surface area contributed by atoms with E-state index in [9.17, 15) is 4.79 Å². The second-order valence-corrected chi connectivity index (χ2v) is 13.6. The number of fused-ring (bicyclic) bond motifs is 1. The van der Waals surface area contributed by atoms with Crippen molar-refractivity contribution < 1.29 is 9.53 Å². The molecule has 1 unspecified atom stereocenters. The Morgan fingerprint density at radius 2 is 1.76 bits per heavy atom. The first kappa shape index (κ1) is 15.4. The van der Waals surface area contributed by atoms with Gasteiger partial charge in [-0.25, -0.2) is 0 Å². The van der Waals surface area contributed by atoms with Crippen molar-refractivity contribution in [1.29, 1.82) is 0 Å². The zero-order chi connectivity index (χ0) is 14.7. The maximum absolute atomic E-state index is 12.9. The van der Waals surface area contributed by atoms with Crippen LogP contribution < -0.4 is 7.06 Å². The third-order valence-corrected chi connectivity index (χ3v) is 12.9. The molecule has 0 bridgehead atoms. The molecule has 21 heavy (non-hydrogen) atoms. The maximum atomic E-state index is 12.9. The van der Waals surface area contributed by atoms with Gasteiger partial charge in [-0.05, 0) is 0 Å². The van der Waals surface area contributed by atoms with Gasteiger partial charge in [0.1, 0.15) is 0 Å². The molecule has 1 atom stereocenters. The number of alkyl halides is 2. The molecule has 4 rings (SSSR count). The third kappa shape index (κ3) is 2.38. The van der Waals surface area contributed by atoms with E-state index in [4.69, 9.17) is 4.74 Å². The SMILES string of the molecule is CC(I)(C(=O)OC1(C2CCCC2)CCCCC1)C12NI1N2. The molecule has 0 aromatic carbocycles. The molecule has 4 aliphatic rings. The van der Waals surface area contributed by atoms with Gasteiger partial charge in [0.15, 0.2) is 0 Å². The third-order valence-electron chi connectivity index (χ3n) is 5.79. The average molecular weight is 518 g/mol. The Kier molecular flexibility index (Phi) is 3.79. The summed E-state index contributed by atoms with van der Waals surface area (Å²) in [4.78, 5) is 12.9. The Balaban J connectivity index is 1.52. The van der Waals surface area contributed by atoms with Crippen LogP contribution in [0.2, 0.25) is 0 Å². The molecule has 2 aliphatic heterocycles. The summed E-state index contributed by atoms with van der Waals surface area (Å²) >= 11 is 1.20. The fourth-order valence-corrected chi connectivity index (χ4v) is 11.9. The number of ether oxygens (including phenoxy) is 1. The first-order valence-electron chi connectivity index (χ1n) is 8.18. The van der Waals surface area contributed by atoms with E-state index >= 15 is 0 Å². The van der Waals surface area contributed by atoms with Crippen molar-refractivity contribution >= 4 is 48.9 Å². The van der Waals surface area contributed by atoms with Crippen molar-refractivity contribution in [3.8, 4) is 0 Å². The summed E-state index contributed by atoms with van der Waals surface area (Å²) in [5, 5.41) is 0. The molecule has 2 saturated carbocycles. The van der Waals surface area contributed by atoms with Crippen LogP contribution in [0.1, 0.15) is 64.7 Å². The number of hydrogen-bond donors (Lipinski definition) is 2. The van der Waals surface area contributed by atoms with Crippen molar-refractivity contribution in [2.24, 2.45) is 5.92 Å². The monoisotopic (exact) mass is 518 g/mol. The Hall–Kier alpha value is 0.850. The molecule has 4 fully saturated rings. The van der Waals surface area contributed by atoms with Crippen LogP contribution in [0.25, 0.3) is 0 Å². The number of carbonyl (C=O) groups is 1. The molecule has 2 saturated heterocycles. The summed E-state index contributed by atoms with van der Waals surface area (Å²) in [6.45, 7) is 2.05. The van der Waals surface area contributed by atoms with Crippen molar-refractivity contribution in [2.75, 3.05) is 0 Å². The molecule has 0 aromatic heterocycles. The van der Waals surface area contributed by atoms with Gasteiger partial charge >= 0.3 is 149 Å². The van der Waals surface area contributed by atoms with Crippen LogP contribution in [0.3, 0.4) is 0 Å². The summed E-state index contributed by atoms with van der Waals surface area (Å²) in [6, 6.07) is 0. The number of hydrogen-bond acceptors (Lipinski definition) is 4. The van der Waals surface area contributed by atoms with Gasteiger partial charge in [-0.1, -0.05) is 0 Å². The van der Waals surface area contributed by atoms with E-state index in [1.54, 1.807) is 0 Å². The van der Waals surface area contributed by atoms with Crippen LogP contribution in [-0.4, -0.2) is 18.7 Å². The fourth-order valence-electron chi connectivity index (χ4n) is 4.20. The molecule has 0 radical (unpaired) electrons. The first-order chi connectivity index (χ1) is 10.0. The van der Waals surface area contributed by atoms with Crippen LogP contribution in [0.5, 0.6) is 0 Å². The van der Waals surface area contributed by atoms with E-state index < -0.39 is 23.8 Å². The molecular formula is C15H24I2N2O2. The van der Waals surface area contributed by atoms with E-state index in [-0.39, 0.29) is 15.2 Å². The molecule has 2 heterocycles. The fraction of sp³-hybridized carbons (Fsp3) is 0.933. The molecule has 0 aromatic rings. The number of carbonyl (C=O) groups excluding carboxylic acids is 1. The van der Waals surface area contributed by atoms with Gasteiger partial charge in [-0.3, -0.25) is 0 Å². The van der Waals surface area contributed by atoms with E-state index in [0.717, 1.165) is 12.8 Å². The standard InChI is InChI=1S/C15H24I2N2O2/c1-13(16,15-17(18-15)19-15)12(20)21-14(9-5-2-6-10-14)11-7-3-4-8-11/h11,18-19H,2-10H2,1H3. The Morgan fingerprint density at radius 3 is 2.29 bits per heavy atom. The molecule has 0 amide bonds. The van der Waals surface area contributed by atoms with Gasteiger partial charge in [0.25, 0.3) is 0 Å². The molecule has 2 N–H and O–H groups in total. The van der Waals surface area contributed by atoms with E-state index in [1.807, 2.05) is 6.92 Å². The summed E-state index contributed by atoms with van der Waals surface area (Å²) in [7, 11) is 0. The van der Waals surface area contributed by atoms with Crippen molar-refractivity contribution in [3.05, 3.63) is 0 Å². The van der Waals surface area contributed by atoms with Gasteiger partial charge in [0, 0.05) is 0 Å². The average Bonchev–Trinajstić information content (AvgIpc) is 3.26.